The third kappa shape index (κ3) is 4.49. The molecule has 0 saturated heterocycles. The van der Waals surface area contributed by atoms with Crippen molar-refractivity contribution in [2.45, 2.75) is 39.7 Å². The molecule has 0 aliphatic heterocycles. The highest BCUT2D eigenvalue weighted by molar-refractivity contribution is 5.76. The number of rotatable bonds is 6. The fraction of sp³-hybridized carbons (Fsp3) is 0.500. The van der Waals surface area contributed by atoms with E-state index < -0.39 is 11.7 Å². The van der Waals surface area contributed by atoms with Crippen molar-refractivity contribution in [1.29, 1.82) is 0 Å². The van der Waals surface area contributed by atoms with Gasteiger partial charge >= 0.3 is 11.7 Å². The lowest BCUT2D eigenvalue weighted by atomic mass is 10.1. The van der Waals surface area contributed by atoms with E-state index in [1.807, 2.05) is 25.8 Å². The topological polar surface area (TPSA) is 72.2 Å². The number of hydrogen-bond acceptors (Lipinski definition) is 4. The Balaban J connectivity index is 2.00. The number of aromatic nitrogens is 3. The Kier molecular flexibility index (Phi) is 6.01. The third-order valence-corrected chi connectivity index (χ3v) is 4.33. The minimum Gasteiger partial charge on any atom is -0.344 e. The number of aryl methyl sites for hydroxylation is 2. The van der Waals surface area contributed by atoms with E-state index in [0.29, 0.717) is 12.5 Å². The summed E-state index contributed by atoms with van der Waals surface area (Å²) in [6, 6.07) is 7.86. The van der Waals surface area contributed by atoms with Crippen LogP contribution in [0.3, 0.4) is 0 Å². The van der Waals surface area contributed by atoms with Gasteiger partial charge in [0.05, 0.1) is 0 Å². The number of amides is 1. The largest absolute Gasteiger partial charge is 0.374 e. The highest BCUT2D eigenvalue weighted by Crippen LogP contribution is 2.08. The van der Waals surface area contributed by atoms with Gasteiger partial charge in [-0.2, -0.15) is 4.98 Å². The highest BCUT2D eigenvalue weighted by Gasteiger charge is 2.19. The van der Waals surface area contributed by atoms with E-state index >= 15 is 0 Å². The molecular formula is C18H27N5O2. The van der Waals surface area contributed by atoms with E-state index in [2.05, 4.69) is 41.5 Å². The van der Waals surface area contributed by atoms with Gasteiger partial charge in [0.2, 0.25) is 5.95 Å². The van der Waals surface area contributed by atoms with E-state index in [4.69, 9.17) is 0 Å². The van der Waals surface area contributed by atoms with Crippen LogP contribution in [-0.4, -0.2) is 40.0 Å². The van der Waals surface area contributed by atoms with E-state index in [9.17, 15) is 9.59 Å². The molecule has 1 N–H and O–H groups in total. The van der Waals surface area contributed by atoms with Crippen LogP contribution in [0.15, 0.2) is 29.1 Å². The Labute approximate surface area is 148 Å². The maximum absolute atomic E-state index is 12.4. The van der Waals surface area contributed by atoms with Gasteiger partial charge in [0.1, 0.15) is 0 Å². The van der Waals surface area contributed by atoms with Crippen molar-refractivity contribution in [2.75, 3.05) is 18.5 Å². The average molecular weight is 345 g/mol. The second-order valence-corrected chi connectivity index (χ2v) is 6.42. The van der Waals surface area contributed by atoms with Gasteiger partial charge < -0.3 is 10.2 Å². The van der Waals surface area contributed by atoms with Gasteiger partial charge in [0, 0.05) is 26.7 Å². The smallest absolute Gasteiger partial charge is 0.344 e. The zero-order valence-corrected chi connectivity index (χ0v) is 15.6. The van der Waals surface area contributed by atoms with Crippen LogP contribution in [0.2, 0.25) is 0 Å². The summed E-state index contributed by atoms with van der Waals surface area (Å²) in [4.78, 5) is 30.3. The number of carbonyl (C=O) groups excluding carboxylic acids is 1. The van der Waals surface area contributed by atoms with E-state index in [0.717, 1.165) is 17.5 Å². The quantitative estimate of drug-likeness (QED) is 0.868. The van der Waals surface area contributed by atoms with E-state index in [1.54, 1.807) is 7.05 Å². The standard InChI is InChI=1S/C18H27N5O2/c1-6-21(4)16-20-18(25)23(22(16)5)17(24)19-14(3)9-12-15-10-7-13(2)8-11-15/h7-8,10-11,14H,6,9,12H2,1-5H3,(H,19,24). The summed E-state index contributed by atoms with van der Waals surface area (Å²) in [6.45, 7) is 6.64. The molecule has 7 nitrogen and oxygen atoms in total. The molecule has 0 bridgehead atoms. The van der Waals surface area contributed by atoms with Gasteiger partial charge in [-0.1, -0.05) is 29.8 Å². The molecule has 0 radical (unpaired) electrons. The molecule has 1 atom stereocenters. The lowest BCUT2D eigenvalue weighted by Gasteiger charge is -2.17. The van der Waals surface area contributed by atoms with Crippen molar-refractivity contribution in [3.8, 4) is 0 Å². The van der Waals surface area contributed by atoms with Crippen LogP contribution < -0.4 is 15.9 Å². The van der Waals surface area contributed by atoms with Crippen LogP contribution in [0.25, 0.3) is 0 Å². The highest BCUT2D eigenvalue weighted by atomic mass is 16.2. The van der Waals surface area contributed by atoms with Crippen molar-refractivity contribution in [1.82, 2.24) is 19.7 Å². The normalized spacial score (nSPS) is 12.0. The molecule has 1 heterocycles. The number of nitrogens with one attached hydrogen (secondary N) is 1. The maximum Gasteiger partial charge on any atom is 0.374 e. The van der Waals surface area contributed by atoms with Gasteiger partial charge in [-0.25, -0.2) is 14.3 Å². The van der Waals surface area contributed by atoms with E-state index in [1.165, 1.54) is 15.8 Å². The summed E-state index contributed by atoms with van der Waals surface area (Å²) in [5.74, 6) is 0.468. The molecule has 1 unspecified atom stereocenters. The molecule has 1 amide bonds. The van der Waals surface area contributed by atoms with Crippen molar-refractivity contribution < 1.29 is 4.79 Å². The first-order valence-electron chi connectivity index (χ1n) is 8.57. The van der Waals surface area contributed by atoms with Crippen LogP contribution in [0, 0.1) is 6.92 Å². The predicted octanol–water partition coefficient (Wildman–Crippen LogP) is 1.93. The van der Waals surface area contributed by atoms with Crippen molar-refractivity contribution in [3.63, 3.8) is 0 Å². The average Bonchev–Trinajstić information content (AvgIpc) is 2.88. The van der Waals surface area contributed by atoms with Crippen LogP contribution in [-0.2, 0) is 13.5 Å². The molecule has 1 aromatic carbocycles. The molecule has 136 valence electrons. The molecule has 0 spiro atoms. The first-order chi connectivity index (χ1) is 11.8. The van der Waals surface area contributed by atoms with Crippen LogP contribution in [0.4, 0.5) is 10.7 Å². The van der Waals surface area contributed by atoms with Gasteiger partial charge in [-0.15, -0.1) is 4.68 Å². The molecule has 0 fully saturated rings. The Morgan fingerprint density at radius 2 is 1.96 bits per heavy atom. The zero-order chi connectivity index (χ0) is 18.6. The second-order valence-electron chi connectivity index (χ2n) is 6.42. The van der Waals surface area contributed by atoms with E-state index in [-0.39, 0.29) is 6.04 Å². The molecule has 0 saturated carbocycles. The van der Waals surface area contributed by atoms with Gasteiger partial charge in [0.15, 0.2) is 0 Å². The van der Waals surface area contributed by atoms with Crippen molar-refractivity contribution in [2.24, 2.45) is 7.05 Å². The number of carbonyl (C=O) groups is 1. The molecule has 2 aromatic rings. The monoisotopic (exact) mass is 345 g/mol. The molecule has 0 aliphatic carbocycles. The fourth-order valence-electron chi connectivity index (χ4n) is 2.60. The summed E-state index contributed by atoms with van der Waals surface area (Å²) < 4.78 is 2.51. The lowest BCUT2D eigenvalue weighted by molar-refractivity contribution is 0.231. The maximum atomic E-state index is 12.4. The lowest BCUT2D eigenvalue weighted by Crippen LogP contribution is -2.42. The minimum absolute atomic E-state index is 0.0528. The fourth-order valence-corrected chi connectivity index (χ4v) is 2.60. The molecule has 2 rings (SSSR count). The number of benzene rings is 1. The Hall–Kier alpha value is -2.57. The SMILES string of the molecule is CCN(C)c1nc(=O)n(C(=O)NC(C)CCc2ccc(C)cc2)n1C. The van der Waals surface area contributed by atoms with Gasteiger partial charge in [0.25, 0.3) is 0 Å². The third-order valence-electron chi connectivity index (χ3n) is 4.33. The van der Waals surface area contributed by atoms with Crippen LogP contribution in [0.1, 0.15) is 31.4 Å². The molecule has 0 aliphatic rings. The summed E-state index contributed by atoms with van der Waals surface area (Å²) in [5, 5.41) is 2.87. The van der Waals surface area contributed by atoms with Crippen molar-refractivity contribution >= 4 is 12.0 Å². The molecule has 7 heteroatoms. The Morgan fingerprint density at radius 1 is 1.32 bits per heavy atom. The van der Waals surface area contributed by atoms with Gasteiger partial charge in [-0.05, 0) is 39.2 Å². The molecular weight excluding hydrogens is 318 g/mol. The Morgan fingerprint density at radius 3 is 2.56 bits per heavy atom. The minimum atomic E-state index is -0.568. The summed E-state index contributed by atoms with van der Waals surface area (Å²) in [7, 11) is 3.49. The summed E-state index contributed by atoms with van der Waals surface area (Å²) in [5.41, 5.74) is 1.89. The van der Waals surface area contributed by atoms with Gasteiger partial charge in [-0.3, -0.25) is 0 Å². The predicted molar refractivity (Wildman–Crippen MR) is 99.3 cm³/mol. The van der Waals surface area contributed by atoms with Crippen LogP contribution in [0.5, 0.6) is 0 Å². The molecule has 25 heavy (non-hydrogen) atoms. The number of hydrogen-bond donors (Lipinski definition) is 1. The first kappa shape index (κ1) is 18.8. The Bertz CT molecular complexity index is 776. The number of anilines is 1. The second kappa shape index (κ2) is 8.00. The van der Waals surface area contributed by atoms with Crippen LogP contribution >= 0.6 is 0 Å². The summed E-state index contributed by atoms with van der Waals surface area (Å²) >= 11 is 0. The summed E-state index contributed by atoms with van der Waals surface area (Å²) in [6.07, 6.45) is 1.66. The number of nitrogens with zero attached hydrogens (tertiary/aromatic N) is 4. The van der Waals surface area contributed by atoms with Crippen molar-refractivity contribution in [3.05, 3.63) is 45.9 Å². The first-order valence-corrected chi connectivity index (χ1v) is 8.57. The zero-order valence-electron chi connectivity index (χ0n) is 15.6. The molecule has 1 aromatic heterocycles.